The number of rotatable bonds is 3. The first kappa shape index (κ1) is 12.3. The third-order valence-electron chi connectivity index (χ3n) is 2.12. The van der Waals surface area contributed by atoms with Crippen molar-refractivity contribution in [2.75, 3.05) is 5.32 Å². The molecular weight excluding hydrogens is 254 g/mol. The van der Waals surface area contributed by atoms with Crippen LogP contribution in [0.1, 0.15) is 10.5 Å². The van der Waals surface area contributed by atoms with Gasteiger partial charge in [-0.3, -0.25) is 9.78 Å². The van der Waals surface area contributed by atoms with E-state index in [1.54, 1.807) is 12.1 Å². The van der Waals surface area contributed by atoms with Crippen LogP contribution in [0.25, 0.3) is 0 Å². The average molecular weight is 263 g/mol. The number of nitrogens with zero attached hydrogens (tertiary/aromatic N) is 2. The number of carbonyl (C=O) groups is 1. The van der Waals surface area contributed by atoms with Crippen molar-refractivity contribution in [2.24, 2.45) is 0 Å². The molecule has 2 rings (SSSR count). The van der Waals surface area contributed by atoms with E-state index in [4.69, 9.17) is 4.55 Å². The first-order valence-corrected chi connectivity index (χ1v) is 6.06. The molecule has 0 saturated carbocycles. The first-order chi connectivity index (χ1) is 8.68. The molecule has 0 spiro atoms. The molecule has 0 aliphatic carbocycles. The Morgan fingerprint density at radius 2 is 2.06 bits per heavy atom. The summed E-state index contributed by atoms with van der Waals surface area (Å²) in [7, 11) is 0. The average Bonchev–Trinajstić information content (AvgIpc) is 2.40. The summed E-state index contributed by atoms with van der Waals surface area (Å²) in [5.74, 6) is -0.485. The molecule has 7 heteroatoms. The summed E-state index contributed by atoms with van der Waals surface area (Å²) in [5, 5.41) is 2.51. The molecule has 0 fully saturated rings. The zero-order valence-corrected chi connectivity index (χ0v) is 9.92. The predicted molar refractivity (Wildman–Crippen MR) is 65.5 cm³/mol. The smallest absolute Gasteiger partial charge is 0.275 e. The van der Waals surface area contributed by atoms with Crippen molar-refractivity contribution in [1.29, 1.82) is 0 Å². The van der Waals surface area contributed by atoms with Crippen LogP contribution in [0.4, 0.5) is 5.69 Å². The number of nitrogens with one attached hydrogen (secondary N) is 1. The largest absolute Gasteiger partial charge is 0.319 e. The minimum Gasteiger partial charge on any atom is -0.319 e. The number of benzene rings is 1. The van der Waals surface area contributed by atoms with Crippen LogP contribution in [0.15, 0.2) is 47.8 Å². The Morgan fingerprint density at radius 1 is 1.28 bits per heavy atom. The first-order valence-electron chi connectivity index (χ1n) is 4.96. The fraction of sp³-hybridized carbons (Fsp3) is 0. The van der Waals surface area contributed by atoms with Gasteiger partial charge >= 0.3 is 0 Å². The lowest BCUT2D eigenvalue weighted by atomic mass is 10.3. The van der Waals surface area contributed by atoms with Gasteiger partial charge in [-0.25, -0.2) is 9.19 Å². The molecule has 1 heterocycles. The normalized spacial score (nSPS) is 11.8. The van der Waals surface area contributed by atoms with Crippen molar-refractivity contribution in [2.45, 2.75) is 4.90 Å². The summed E-state index contributed by atoms with van der Waals surface area (Å²) in [4.78, 5) is 19.5. The van der Waals surface area contributed by atoms with E-state index in [1.807, 2.05) is 0 Å². The summed E-state index contributed by atoms with van der Waals surface area (Å²) in [5.41, 5.74) is 0.407. The third kappa shape index (κ3) is 2.76. The highest BCUT2D eigenvalue weighted by Gasteiger charge is 2.12. The van der Waals surface area contributed by atoms with E-state index in [9.17, 15) is 9.00 Å². The molecular formula is C11H9N3O3S. The van der Waals surface area contributed by atoms with Crippen LogP contribution in [-0.4, -0.2) is 24.6 Å². The van der Waals surface area contributed by atoms with Crippen LogP contribution < -0.4 is 5.32 Å². The number of carbonyl (C=O) groups excluding carboxylic acids is 1. The lowest BCUT2D eigenvalue weighted by molar-refractivity contribution is 0.102. The maximum Gasteiger partial charge on any atom is 0.275 e. The molecule has 92 valence electrons. The van der Waals surface area contributed by atoms with Crippen LogP contribution in [-0.2, 0) is 11.1 Å². The summed E-state index contributed by atoms with van der Waals surface area (Å²) in [6, 6.07) is 6.27. The van der Waals surface area contributed by atoms with Gasteiger partial charge in [0.05, 0.1) is 16.8 Å². The van der Waals surface area contributed by atoms with Crippen molar-refractivity contribution >= 4 is 22.7 Å². The van der Waals surface area contributed by atoms with Gasteiger partial charge in [0.2, 0.25) is 0 Å². The number of amides is 1. The number of para-hydroxylation sites is 1. The standard InChI is InChI=1S/C11H9N3O3S/c15-11(9-7-12-5-6-13-9)14-8-3-1-2-4-10(8)18(16)17/h1-7H,(H,14,15)(H,16,17). The molecule has 2 aromatic rings. The van der Waals surface area contributed by atoms with Crippen LogP contribution in [0.2, 0.25) is 0 Å². The van der Waals surface area contributed by atoms with Crippen LogP contribution in [0.3, 0.4) is 0 Å². The highest BCUT2D eigenvalue weighted by Crippen LogP contribution is 2.18. The Hall–Kier alpha value is -2.12. The zero-order chi connectivity index (χ0) is 13.0. The predicted octanol–water partition coefficient (Wildman–Crippen LogP) is 1.31. The maximum absolute atomic E-state index is 11.8. The topological polar surface area (TPSA) is 92.2 Å². The van der Waals surface area contributed by atoms with Crippen LogP contribution >= 0.6 is 0 Å². The molecule has 0 radical (unpaired) electrons. The molecule has 1 aromatic carbocycles. The number of anilines is 1. The SMILES string of the molecule is O=C(Nc1ccccc1S(=O)O)c1cnccn1. The fourth-order valence-electron chi connectivity index (χ4n) is 1.32. The second kappa shape index (κ2) is 5.48. The van der Waals surface area contributed by atoms with Gasteiger partial charge < -0.3 is 9.87 Å². The summed E-state index contributed by atoms with van der Waals surface area (Å²) in [6.07, 6.45) is 4.16. The van der Waals surface area contributed by atoms with E-state index in [0.29, 0.717) is 0 Å². The molecule has 0 saturated heterocycles. The molecule has 18 heavy (non-hydrogen) atoms. The van der Waals surface area contributed by atoms with E-state index >= 15 is 0 Å². The minimum atomic E-state index is -2.16. The van der Waals surface area contributed by atoms with E-state index in [1.165, 1.54) is 30.7 Å². The van der Waals surface area contributed by atoms with Crippen molar-refractivity contribution in [3.05, 3.63) is 48.5 Å². The molecule has 2 N–H and O–H groups in total. The Kier molecular flexibility index (Phi) is 3.75. The van der Waals surface area contributed by atoms with E-state index < -0.39 is 17.0 Å². The van der Waals surface area contributed by atoms with Gasteiger partial charge in [0, 0.05) is 12.4 Å². The lowest BCUT2D eigenvalue weighted by Gasteiger charge is -2.07. The van der Waals surface area contributed by atoms with Crippen molar-refractivity contribution in [3.8, 4) is 0 Å². The second-order valence-electron chi connectivity index (χ2n) is 3.29. The highest BCUT2D eigenvalue weighted by molar-refractivity contribution is 7.79. The summed E-state index contributed by atoms with van der Waals surface area (Å²) >= 11 is -2.16. The highest BCUT2D eigenvalue weighted by atomic mass is 32.2. The van der Waals surface area contributed by atoms with Crippen LogP contribution in [0, 0.1) is 0 Å². The second-order valence-corrected chi connectivity index (χ2v) is 4.23. The van der Waals surface area contributed by atoms with Gasteiger partial charge in [-0.1, -0.05) is 12.1 Å². The van der Waals surface area contributed by atoms with Crippen molar-refractivity contribution in [1.82, 2.24) is 9.97 Å². The Bertz CT molecular complexity index is 589. The summed E-state index contributed by atoms with van der Waals surface area (Å²) < 4.78 is 20.2. The van der Waals surface area contributed by atoms with Crippen molar-refractivity contribution in [3.63, 3.8) is 0 Å². The zero-order valence-electron chi connectivity index (χ0n) is 9.11. The monoisotopic (exact) mass is 263 g/mol. The third-order valence-corrected chi connectivity index (χ3v) is 2.85. The van der Waals surface area contributed by atoms with E-state index in [-0.39, 0.29) is 16.3 Å². The van der Waals surface area contributed by atoms with Gasteiger partial charge in [-0.2, -0.15) is 0 Å². The molecule has 1 atom stereocenters. The molecule has 1 unspecified atom stereocenters. The Labute approximate surface area is 105 Å². The van der Waals surface area contributed by atoms with Gasteiger partial charge in [0.15, 0.2) is 11.1 Å². The van der Waals surface area contributed by atoms with Gasteiger partial charge in [0.25, 0.3) is 5.91 Å². The minimum absolute atomic E-state index is 0.134. The lowest BCUT2D eigenvalue weighted by Crippen LogP contribution is -2.15. The number of hydrogen-bond donors (Lipinski definition) is 2. The van der Waals surface area contributed by atoms with Crippen molar-refractivity contribution < 1.29 is 13.6 Å². The molecule has 0 aliphatic heterocycles. The molecule has 0 aliphatic rings. The molecule has 6 nitrogen and oxygen atoms in total. The van der Waals surface area contributed by atoms with Gasteiger partial charge in [0.1, 0.15) is 5.69 Å². The maximum atomic E-state index is 11.8. The van der Waals surface area contributed by atoms with E-state index in [0.717, 1.165) is 0 Å². The molecule has 0 bridgehead atoms. The molecule has 1 amide bonds. The molecule has 1 aromatic heterocycles. The fourth-order valence-corrected chi connectivity index (χ4v) is 1.83. The van der Waals surface area contributed by atoms with Gasteiger partial charge in [-0.05, 0) is 12.1 Å². The Balaban J connectivity index is 2.25. The Morgan fingerprint density at radius 3 is 2.72 bits per heavy atom. The summed E-state index contributed by atoms with van der Waals surface area (Å²) in [6.45, 7) is 0. The van der Waals surface area contributed by atoms with Crippen LogP contribution in [0.5, 0.6) is 0 Å². The van der Waals surface area contributed by atoms with E-state index in [2.05, 4.69) is 15.3 Å². The number of aromatic nitrogens is 2. The van der Waals surface area contributed by atoms with Gasteiger partial charge in [-0.15, -0.1) is 0 Å². The number of hydrogen-bond acceptors (Lipinski definition) is 4. The quantitative estimate of drug-likeness (QED) is 0.814.